The van der Waals surface area contributed by atoms with Gasteiger partial charge in [0.1, 0.15) is 17.7 Å². The van der Waals surface area contributed by atoms with Crippen molar-refractivity contribution >= 4 is 5.78 Å². The molecule has 1 aliphatic heterocycles. The minimum absolute atomic E-state index is 0.00104. The summed E-state index contributed by atoms with van der Waals surface area (Å²) in [5.41, 5.74) is 4.94. The minimum atomic E-state index is -0.390. The van der Waals surface area contributed by atoms with Crippen LogP contribution in [0.2, 0.25) is 0 Å². The molecule has 0 spiro atoms. The number of rotatable bonds is 1. The standard InChI is InChI=1S/C18H17FO2/c1-10-6-12(3)15(7-11(10)2)18-9-16(20)14-5-4-13(19)8-17(14)21-18/h4-8,18H,9H2,1-3H3. The van der Waals surface area contributed by atoms with Crippen molar-refractivity contribution in [3.05, 3.63) is 64.0 Å². The van der Waals surface area contributed by atoms with E-state index >= 15 is 0 Å². The van der Waals surface area contributed by atoms with Gasteiger partial charge in [-0.25, -0.2) is 4.39 Å². The van der Waals surface area contributed by atoms with Crippen LogP contribution in [0.15, 0.2) is 30.3 Å². The number of ether oxygens (including phenoxy) is 1. The van der Waals surface area contributed by atoms with E-state index in [4.69, 9.17) is 4.74 Å². The predicted octanol–water partition coefficient (Wildman–Crippen LogP) is 4.46. The Morgan fingerprint density at radius 1 is 1.05 bits per heavy atom. The van der Waals surface area contributed by atoms with Crippen LogP contribution in [0.1, 0.15) is 45.1 Å². The fourth-order valence-electron chi connectivity index (χ4n) is 2.80. The molecule has 0 saturated heterocycles. The van der Waals surface area contributed by atoms with E-state index in [0.29, 0.717) is 17.7 Å². The number of ketones is 1. The SMILES string of the molecule is Cc1cc(C)c(C2CC(=O)c3ccc(F)cc3O2)cc1C. The number of hydrogen-bond acceptors (Lipinski definition) is 2. The molecule has 108 valence electrons. The summed E-state index contributed by atoms with van der Waals surface area (Å²) in [5.74, 6) is -0.0493. The molecule has 1 atom stereocenters. The fourth-order valence-corrected chi connectivity index (χ4v) is 2.80. The molecule has 21 heavy (non-hydrogen) atoms. The average molecular weight is 284 g/mol. The summed E-state index contributed by atoms with van der Waals surface area (Å²) in [6.45, 7) is 6.11. The van der Waals surface area contributed by atoms with E-state index in [1.165, 1.54) is 23.8 Å². The van der Waals surface area contributed by atoms with Crippen LogP contribution >= 0.6 is 0 Å². The van der Waals surface area contributed by atoms with Crippen LogP contribution in [0.5, 0.6) is 5.75 Å². The molecule has 0 N–H and O–H groups in total. The number of benzene rings is 2. The van der Waals surface area contributed by atoms with Crippen LogP contribution in [0.4, 0.5) is 4.39 Å². The van der Waals surface area contributed by atoms with Crippen molar-refractivity contribution in [1.29, 1.82) is 0 Å². The number of aryl methyl sites for hydroxylation is 3. The Hall–Kier alpha value is -2.16. The van der Waals surface area contributed by atoms with Crippen LogP contribution in [-0.4, -0.2) is 5.78 Å². The molecule has 2 nitrogen and oxygen atoms in total. The second-order valence-corrected chi connectivity index (χ2v) is 5.67. The molecule has 1 unspecified atom stereocenters. The predicted molar refractivity (Wildman–Crippen MR) is 79.4 cm³/mol. The molecule has 2 aromatic carbocycles. The number of Topliss-reactive ketones (excluding diaryl/α,β-unsaturated/α-hetero) is 1. The van der Waals surface area contributed by atoms with Crippen molar-refractivity contribution in [2.75, 3.05) is 0 Å². The van der Waals surface area contributed by atoms with E-state index in [2.05, 4.69) is 19.1 Å². The van der Waals surface area contributed by atoms with Crippen molar-refractivity contribution in [3.8, 4) is 5.75 Å². The highest BCUT2D eigenvalue weighted by Gasteiger charge is 2.29. The molecule has 0 aromatic heterocycles. The Kier molecular flexibility index (Phi) is 3.28. The first-order valence-corrected chi connectivity index (χ1v) is 7.03. The van der Waals surface area contributed by atoms with Crippen molar-refractivity contribution < 1.29 is 13.9 Å². The van der Waals surface area contributed by atoms with Gasteiger partial charge in [0.05, 0.1) is 12.0 Å². The summed E-state index contributed by atoms with van der Waals surface area (Å²) in [6, 6.07) is 8.24. The molecule has 0 saturated carbocycles. The molecular weight excluding hydrogens is 267 g/mol. The van der Waals surface area contributed by atoms with E-state index in [-0.39, 0.29) is 17.7 Å². The zero-order valence-corrected chi connectivity index (χ0v) is 12.4. The van der Waals surface area contributed by atoms with Crippen molar-refractivity contribution in [2.24, 2.45) is 0 Å². The highest BCUT2D eigenvalue weighted by Crippen LogP contribution is 2.36. The third kappa shape index (κ3) is 2.44. The number of carbonyl (C=O) groups excluding carboxylic acids is 1. The molecule has 3 heteroatoms. The summed E-state index contributed by atoms with van der Waals surface area (Å²) in [5, 5.41) is 0. The maximum Gasteiger partial charge on any atom is 0.170 e. The largest absolute Gasteiger partial charge is 0.484 e. The minimum Gasteiger partial charge on any atom is -0.484 e. The second-order valence-electron chi connectivity index (χ2n) is 5.67. The van der Waals surface area contributed by atoms with E-state index < -0.39 is 0 Å². The van der Waals surface area contributed by atoms with E-state index in [0.717, 1.165) is 16.7 Å². The third-order valence-corrected chi connectivity index (χ3v) is 4.11. The summed E-state index contributed by atoms with van der Waals surface area (Å²) in [7, 11) is 0. The van der Waals surface area contributed by atoms with Gasteiger partial charge in [-0.15, -0.1) is 0 Å². The maximum absolute atomic E-state index is 13.4. The van der Waals surface area contributed by atoms with Gasteiger partial charge in [0.25, 0.3) is 0 Å². The smallest absolute Gasteiger partial charge is 0.170 e. The Labute approximate surface area is 123 Å². The van der Waals surface area contributed by atoms with E-state index in [1.54, 1.807) is 0 Å². The van der Waals surface area contributed by atoms with Gasteiger partial charge in [-0.05, 0) is 55.2 Å². The Bertz CT molecular complexity index is 734. The summed E-state index contributed by atoms with van der Waals surface area (Å²) >= 11 is 0. The zero-order valence-electron chi connectivity index (χ0n) is 12.4. The zero-order chi connectivity index (χ0) is 15.1. The molecule has 0 aliphatic carbocycles. The van der Waals surface area contributed by atoms with E-state index in [9.17, 15) is 9.18 Å². The van der Waals surface area contributed by atoms with Crippen LogP contribution in [0.3, 0.4) is 0 Å². The molecule has 1 aliphatic rings. The lowest BCUT2D eigenvalue weighted by Gasteiger charge is -2.27. The van der Waals surface area contributed by atoms with Crippen molar-refractivity contribution in [3.63, 3.8) is 0 Å². The van der Waals surface area contributed by atoms with Gasteiger partial charge >= 0.3 is 0 Å². The lowest BCUT2D eigenvalue weighted by molar-refractivity contribution is 0.0848. The summed E-state index contributed by atoms with van der Waals surface area (Å²) < 4.78 is 19.2. The summed E-state index contributed by atoms with van der Waals surface area (Å²) in [6.07, 6.45) is -0.0479. The normalized spacial score (nSPS) is 17.3. The molecule has 1 heterocycles. The highest BCUT2D eigenvalue weighted by molar-refractivity contribution is 6.00. The van der Waals surface area contributed by atoms with Crippen LogP contribution in [-0.2, 0) is 0 Å². The van der Waals surface area contributed by atoms with Gasteiger partial charge in [-0.2, -0.15) is 0 Å². The van der Waals surface area contributed by atoms with Gasteiger partial charge in [-0.3, -0.25) is 4.79 Å². The quantitative estimate of drug-likeness (QED) is 0.773. The molecule has 2 aromatic rings. The fraction of sp³-hybridized carbons (Fsp3) is 0.278. The topological polar surface area (TPSA) is 26.3 Å². The first kappa shape index (κ1) is 13.8. The van der Waals surface area contributed by atoms with Crippen molar-refractivity contribution in [2.45, 2.75) is 33.3 Å². The lowest BCUT2D eigenvalue weighted by atomic mass is 9.91. The number of fused-ring (bicyclic) bond motifs is 1. The summed E-state index contributed by atoms with van der Waals surface area (Å²) in [4.78, 5) is 12.2. The monoisotopic (exact) mass is 284 g/mol. The third-order valence-electron chi connectivity index (χ3n) is 4.11. The second kappa shape index (κ2) is 4.99. The van der Waals surface area contributed by atoms with E-state index in [1.807, 2.05) is 13.8 Å². The Balaban J connectivity index is 2.03. The first-order valence-electron chi connectivity index (χ1n) is 7.03. The van der Waals surface area contributed by atoms with Crippen molar-refractivity contribution in [1.82, 2.24) is 0 Å². The number of hydrogen-bond donors (Lipinski definition) is 0. The molecule has 0 bridgehead atoms. The van der Waals surface area contributed by atoms with Gasteiger partial charge in [0.2, 0.25) is 0 Å². The van der Waals surface area contributed by atoms with Crippen LogP contribution < -0.4 is 4.74 Å². The van der Waals surface area contributed by atoms with Gasteiger partial charge in [0, 0.05) is 6.07 Å². The molecule has 0 amide bonds. The van der Waals surface area contributed by atoms with Gasteiger partial charge in [-0.1, -0.05) is 12.1 Å². The average Bonchev–Trinajstić information content (AvgIpc) is 2.42. The van der Waals surface area contributed by atoms with Crippen LogP contribution in [0, 0.1) is 26.6 Å². The highest BCUT2D eigenvalue weighted by atomic mass is 19.1. The Morgan fingerprint density at radius 2 is 1.76 bits per heavy atom. The molecule has 0 fully saturated rings. The molecule has 0 radical (unpaired) electrons. The van der Waals surface area contributed by atoms with Gasteiger partial charge in [0.15, 0.2) is 5.78 Å². The molecular formula is C18H17FO2. The number of halogens is 1. The Morgan fingerprint density at radius 3 is 2.52 bits per heavy atom. The van der Waals surface area contributed by atoms with Crippen LogP contribution in [0.25, 0.3) is 0 Å². The lowest BCUT2D eigenvalue weighted by Crippen LogP contribution is -2.21. The first-order chi connectivity index (χ1) is 9.95. The van der Waals surface area contributed by atoms with Gasteiger partial charge < -0.3 is 4.74 Å². The molecule has 3 rings (SSSR count). The maximum atomic E-state index is 13.4. The number of carbonyl (C=O) groups is 1.